The minimum absolute atomic E-state index is 0.131. The lowest BCUT2D eigenvalue weighted by Gasteiger charge is -2.07. The van der Waals surface area contributed by atoms with Crippen molar-refractivity contribution in [2.24, 2.45) is 0 Å². The normalized spacial score (nSPS) is 10.6. The third-order valence-corrected chi connectivity index (χ3v) is 4.15. The Bertz CT molecular complexity index is 1140. The van der Waals surface area contributed by atoms with E-state index < -0.39 is 10.5 Å². The molecule has 9 heteroatoms. The first kappa shape index (κ1) is 18.9. The fourth-order valence-corrected chi connectivity index (χ4v) is 2.61. The topological polar surface area (TPSA) is 124 Å². The first-order chi connectivity index (χ1) is 13.4. The third-order valence-electron chi connectivity index (χ3n) is 4.15. The Morgan fingerprint density at radius 3 is 2.54 bits per heavy atom. The van der Waals surface area contributed by atoms with E-state index in [0.717, 1.165) is 4.57 Å². The summed E-state index contributed by atoms with van der Waals surface area (Å²) in [5.41, 5.74) is 0.530. The van der Waals surface area contributed by atoms with Crippen LogP contribution >= 0.6 is 0 Å². The van der Waals surface area contributed by atoms with Crippen molar-refractivity contribution in [2.45, 2.75) is 19.9 Å². The van der Waals surface area contributed by atoms with Crippen molar-refractivity contribution in [3.8, 4) is 0 Å². The second-order valence-electron chi connectivity index (χ2n) is 6.04. The maximum atomic E-state index is 12.5. The van der Waals surface area contributed by atoms with E-state index in [0.29, 0.717) is 17.7 Å². The van der Waals surface area contributed by atoms with E-state index in [1.165, 1.54) is 24.5 Å². The number of nitro groups is 1. The van der Waals surface area contributed by atoms with Crippen LogP contribution in [0.2, 0.25) is 0 Å². The Balaban J connectivity index is 1.82. The van der Waals surface area contributed by atoms with Gasteiger partial charge >= 0.3 is 0 Å². The molecule has 0 bridgehead atoms. The SMILES string of the molecule is CCC(=O)Nc1ccc(C(=O)Cn2cnc3cc([N+](=O)[O-])ccc3c2=O)cc1. The Labute approximate surface area is 158 Å². The lowest BCUT2D eigenvalue weighted by molar-refractivity contribution is -0.384. The van der Waals surface area contributed by atoms with Gasteiger partial charge in [0.2, 0.25) is 5.91 Å². The smallest absolute Gasteiger partial charge is 0.271 e. The van der Waals surface area contributed by atoms with Crippen molar-refractivity contribution in [1.82, 2.24) is 9.55 Å². The zero-order valence-corrected chi connectivity index (χ0v) is 14.9. The van der Waals surface area contributed by atoms with E-state index in [9.17, 15) is 24.5 Å². The number of Topliss-reactive ketones (excluding diaryl/α,β-unsaturated/α-hetero) is 1. The van der Waals surface area contributed by atoms with Crippen LogP contribution in [0.1, 0.15) is 23.7 Å². The number of fused-ring (bicyclic) bond motifs is 1. The molecule has 28 heavy (non-hydrogen) atoms. The summed E-state index contributed by atoms with van der Waals surface area (Å²) in [6.07, 6.45) is 1.55. The van der Waals surface area contributed by atoms with E-state index in [1.54, 1.807) is 31.2 Å². The molecule has 0 aliphatic rings. The van der Waals surface area contributed by atoms with Gasteiger partial charge in [0, 0.05) is 29.8 Å². The summed E-state index contributed by atoms with van der Waals surface area (Å²) >= 11 is 0. The number of amides is 1. The monoisotopic (exact) mass is 380 g/mol. The Hall–Kier alpha value is -3.88. The fourth-order valence-electron chi connectivity index (χ4n) is 2.61. The molecule has 9 nitrogen and oxygen atoms in total. The molecule has 1 aromatic heterocycles. The highest BCUT2D eigenvalue weighted by Gasteiger charge is 2.13. The van der Waals surface area contributed by atoms with Gasteiger partial charge in [-0.2, -0.15) is 0 Å². The van der Waals surface area contributed by atoms with E-state index in [-0.39, 0.29) is 34.8 Å². The van der Waals surface area contributed by atoms with Crippen molar-refractivity contribution < 1.29 is 14.5 Å². The van der Waals surface area contributed by atoms with Crippen molar-refractivity contribution >= 4 is 34.0 Å². The van der Waals surface area contributed by atoms with Crippen LogP contribution in [0.4, 0.5) is 11.4 Å². The Kier molecular flexibility index (Phi) is 5.25. The number of hydrogen-bond donors (Lipinski definition) is 1. The van der Waals surface area contributed by atoms with Gasteiger partial charge in [-0.1, -0.05) is 6.92 Å². The molecule has 0 unspecified atom stereocenters. The summed E-state index contributed by atoms with van der Waals surface area (Å²) in [7, 11) is 0. The summed E-state index contributed by atoms with van der Waals surface area (Å²) in [6, 6.07) is 10.1. The minimum Gasteiger partial charge on any atom is -0.326 e. The standard InChI is InChI=1S/C19H16N4O5/c1-2-18(25)21-13-5-3-12(4-6-13)17(24)10-22-11-20-16-9-14(23(27)28)7-8-15(16)19(22)26/h3-9,11H,2,10H2,1H3,(H,21,25). The first-order valence-corrected chi connectivity index (χ1v) is 8.45. The summed E-state index contributed by atoms with van der Waals surface area (Å²) in [5.74, 6) is -0.438. The number of hydrogen-bond acceptors (Lipinski definition) is 6. The van der Waals surface area contributed by atoms with Gasteiger partial charge in [-0.15, -0.1) is 0 Å². The molecular formula is C19H16N4O5. The molecule has 0 saturated heterocycles. The lowest BCUT2D eigenvalue weighted by atomic mass is 10.1. The average molecular weight is 380 g/mol. The van der Waals surface area contributed by atoms with Crippen LogP contribution in [-0.4, -0.2) is 26.2 Å². The van der Waals surface area contributed by atoms with Gasteiger partial charge in [-0.05, 0) is 30.3 Å². The summed E-state index contributed by atoms with van der Waals surface area (Å²) in [6.45, 7) is 1.51. The predicted octanol–water partition coefficient (Wildman–Crippen LogP) is 2.54. The first-order valence-electron chi connectivity index (χ1n) is 8.45. The molecule has 0 aliphatic heterocycles. The van der Waals surface area contributed by atoms with Crippen LogP contribution in [0.3, 0.4) is 0 Å². The third kappa shape index (κ3) is 3.93. The molecule has 0 spiro atoms. The van der Waals surface area contributed by atoms with Crippen molar-refractivity contribution in [3.63, 3.8) is 0 Å². The van der Waals surface area contributed by atoms with Crippen LogP contribution in [0, 0.1) is 10.1 Å². The number of nitrogens with one attached hydrogen (secondary N) is 1. The van der Waals surface area contributed by atoms with Crippen LogP contribution < -0.4 is 10.9 Å². The number of nitrogens with zero attached hydrogens (tertiary/aromatic N) is 3. The van der Waals surface area contributed by atoms with Crippen LogP contribution in [0.5, 0.6) is 0 Å². The van der Waals surface area contributed by atoms with E-state index in [1.807, 2.05) is 0 Å². The number of non-ortho nitro benzene ring substituents is 1. The number of carbonyl (C=O) groups is 2. The minimum atomic E-state index is -0.567. The van der Waals surface area contributed by atoms with Crippen LogP contribution in [0.15, 0.2) is 53.6 Å². The maximum absolute atomic E-state index is 12.5. The molecule has 0 fully saturated rings. The second-order valence-corrected chi connectivity index (χ2v) is 6.04. The van der Waals surface area contributed by atoms with Gasteiger partial charge in [0.15, 0.2) is 5.78 Å². The van der Waals surface area contributed by atoms with Crippen molar-refractivity contribution in [1.29, 1.82) is 0 Å². The fraction of sp³-hybridized carbons (Fsp3) is 0.158. The number of aromatic nitrogens is 2. The highest BCUT2D eigenvalue weighted by molar-refractivity contribution is 5.97. The molecule has 1 amide bonds. The number of nitro benzene ring substituents is 1. The predicted molar refractivity (Wildman–Crippen MR) is 102 cm³/mol. The number of rotatable bonds is 6. The molecule has 0 aliphatic carbocycles. The lowest BCUT2D eigenvalue weighted by Crippen LogP contribution is -2.24. The molecule has 0 radical (unpaired) electrons. The summed E-state index contributed by atoms with van der Waals surface area (Å²) < 4.78 is 1.16. The Morgan fingerprint density at radius 1 is 1.18 bits per heavy atom. The second kappa shape index (κ2) is 7.78. The highest BCUT2D eigenvalue weighted by Crippen LogP contribution is 2.16. The van der Waals surface area contributed by atoms with Gasteiger partial charge in [-0.3, -0.25) is 29.1 Å². The molecule has 3 aromatic rings. The number of carbonyl (C=O) groups excluding carboxylic acids is 2. The van der Waals surface area contributed by atoms with E-state index in [2.05, 4.69) is 10.3 Å². The van der Waals surface area contributed by atoms with Gasteiger partial charge in [0.05, 0.1) is 28.7 Å². The van der Waals surface area contributed by atoms with Gasteiger partial charge < -0.3 is 5.32 Å². The number of ketones is 1. The van der Waals surface area contributed by atoms with Crippen LogP contribution in [-0.2, 0) is 11.3 Å². The van der Waals surface area contributed by atoms with Gasteiger partial charge in [-0.25, -0.2) is 4.98 Å². The molecule has 142 valence electrons. The Morgan fingerprint density at radius 2 is 1.89 bits per heavy atom. The average Bonchev–Trinajstić information content (AvgIpc) is 2.70. The quantitative estimate of drug-likeness (QED) is 0.398. The molecule has 3 rings (SSSR count). The van der Waals surface area contributed by atoms with E-state index in [4.69, 9.17) is 0 Å². The van der Waals surface area contributed by atoms with Gasteiger partial charge in [0.1, 0.15) is 0 Å². The van der Waals surface area contributed by atoms with Crippen LogP contribution in [0.25, 0.3) is 10.9 Å². The van der Waals surface area contributed by atoms with Gasteiger partial charge in [0.25, 0.3) is 11.2 Å². The summed E-state index contributed by atoms with van der Waals surface area (Å²) in [4.78, 5) is 50.7. The number of benzene rings is 2. The van der Waals surface area contributed by atoms with Crippen molar-refractivity contribution in [3.05, 3.63) is 74.8 Å². The zero-order valence-electron chi connectivity index (χ0n) is 14.9. The van der Waals surface area contributed by atoms with E-state index >= 15 is 0 Å². The largest absolute Gasteiger partial charge is 0.326 e. The van der Waals surface area contributed by atoms with Crippen molar-refractivity contribution in [2.75, 3.05) is 5.32 Å². The highest BCUT2D eigenvalue weighted by atomic mass is 16.6. The number of anilines is 1. The molecular weight excluding hydrogens is 364 g/mol. The zero-order chi connectivity index (χ0) is 20.3. The molecule has 2 aromatic carbocycles. The maximum Gasteiger partial charge on any atom is 0.271 e. The summed E-state index contributed by atoms with van der Waals surface area (Å²) in [5, 5.41) is 13.7. The molecule has 1 N–H and O–H groups in total. The molecule has 0 saturated carbocycles. The molecule has 1 heterocycles. The molecule has 0 atom stereocenters.